The number of H-pyrrole nitrogens is 1. The van der Waals surface area contributed by atoms with Crippen LogP contribution in [0.2, 0.25) is 0 Å². The zero-order valence-corrected chi connectivity index (χ0v) is 13.7. The number of hydrogen-bond acceptors (Lipinski definition) is 7. The molecule has 0 unspecified atom stereocenters. The Morgan fingerprint density at radius 3 is 3.08 bits per heavy atom. The molecular weight excluding hydrogens is 334 g/mol. The lowest BCUT2D eigenvalue weighted by molar-refractivity contribution is -0.121. The van der Waals surface area contributed by atoms with Crippen molar-refractivity contribution in [3.05, 3.63) is 49.2 Å². The van der Waals surface area contributed by atoms with Crippen LogP contribution in [0.25, 0.3) is 22.6 Å². The van der Waals surface area contributed by atoms with Crippen LogP contribution in [0, 0.1) is 0 Å². The standard InChI is InChI=1S/C16H15N9O/c26-14(8-25-10-21-16-12(25)7-18-9-20-16)19-5-3-13-22-15(24-23-13)11-2-1-4-17-6-11/h1-2,4,6-7,9-10H,3,5,8H2,(H,19,26)(H,22,23,24). The van der Waals surface area contributed by atoms with Gasteiger partial charge in [0, 0.05) is 30.9 Å². The van der Waals surface area contributed by atoms with Crippen molar-refractivity contribution in [1.82, 2.24) is 45.0 Å². The average molecular weight is 349 g/mol. The highest BCUT2D eigenvalue weighted by molar-refractivity contribution is 5.78. The molecule has 0 fully saturated rings. The Balaban J connectivity index is 1.31. The van der Waals surface area contributed by atoms with Crippen molar-refractivity contribution in [3.63, 3.8) is 0 Å². The molecule has 1 amide bonds. The van der Waals surface area contributed by atoms with E-state index in [0.29, 0.717) is 30.3 Å². The van der Waals surface area contributed by atoms with Gasteiger partial charge in [-0.1, -0.05) is 0 Å². The van der Waals surface area contributed by atoms with Gasteiger partial charge in [-0.25, -0.2) is 19.9 Å². The van der Waals surface area contributed by atoms with Crippen LogP contribution in [0.15, 0.2) is 43.4 Å². The summed E-state index contributed by atoms with van der Waals surface area (Å²) in [5.41, 5.74) is 2.13. The van der Waals surface area contributed by atoms with Crippen LogP contribution in [0.5, 0.6) is 0 Å². The van der Waals surface area contributed by atoms with E-state index >= 15 is 0 Å². The fourth-order valence-electron chi connectivity index (χ4n) is 2.49. The molecule has 130 valence electrons. The molecule has 0 radical (unpaired) electrons. The minimum Gasteiger partial charge on any atom is -0.354 e. The lowest BCUT2D eigenvalue weighted by Crippen LogP contribution is -2.29. The molecule has 4 heterocycles. The molecule has 2 N–H and O–H groups in total. The molecular formula is C16H15N9O. The first kappa shape index (κ1) is 15.8. The van der Waals surface area contributed by atoms with Gasteiger partial charge < -0.3 is 9.88 Å². The van der Waals surface area contributed by atoms with Crippen LogP contribution < -0.4 is 5.32 Å². The largest absolute Gasteiger partial charge is 0.354 e. The van der Waals surface area contributed by atoms with E-state index in [9.17, 15) is 4.79 Å². The molecule has 4 rings (SSSR count). The molecule has 26 heavy (non-hydrogen) atoms. The van der Waals surface area contributed by atoms with E-state index in [1.807, 2.05) is 12.1 Å². The number of pyridine rings is 1. The van der Waals surface area contributed by atoms with Gasteiger partial charge in [-0.15, -0.1) is 0 Å². The van der Waals surface area contributed by atoms with Gasteiger partial charge in [-0.05, 0) is 12.1 Å². The molecule has 10 nitrogen and oxygen atoms in total. The Hall–Kier alpha value is -3.69. The summed E-state index contributed by atoms with van der Waals surface area (Å²) in [5.74, 6) is 1.16. The Bertz CT molecular complexity index is 1020. The van der Waals surface area contributed by atoms with Gasteiger partial charge in [-0.2, -0.15) is 5.10 Å². The SMILES string of the molecule is O=C(Cn1cnc2ncncc21)NCCc1nc(-c2cccnc2)n[nH]1. The summed E-state index contributed by atoms with van der Waals surface area (Å²) in [4.78, 5) is 32.7. The zero-order chi connectivity index (χ0) is 17.8. The van der Waals surface area contributed by atoms with E-state index in [1.54, 1.807) is 29.5 Å². The number of nitrogens with zero attached hydrogens (tertiary/aromatic N) is 7. The van der Waals surface area contributed by atoms with Gasteiger partial charge in [0.05, 0.1) is 12.5 Å². The quantitative estimate of drug-likeness (QED) is 0.514. The lowest BCUT2D eigenvalue weighted by Gasteiger charge is -2.05. The van der Waals surface area contributed by atoms with Crippen LogP contribution in [0.1, 0.15) is 5.82 Å². The number of aromatic nitrogens is 8. The molecule has 10 heteroatoms. The predicted octanol–water partition coefficient (Wildman–Crippen LogP) is 0.365. The molecule has 0 saturated carbocycles. The number of nitrogens with one attached hydrogen (secondary N) is 2. The van der Waals surface area contributed by atoms with E-state index in [2.05, 4.69) is 40.4 Å². The normalized spacial score (nSPS) is 10.9. The van der Waals surface area contributed by atoms with Crippen molar-refractivity contribution < 1.29 is 4.79 Å². The van der Waals surface area contributed by atoms with E-state index in [-0.39, 0.29) is 12.5 Å². The van der Waals surface area contributed by atoms with Crippen LogP contribution in [-0.4, -0.2) is 52.1 Å². The lowest BCUT2D eigenvalue weighted by atomic mass is 10.3. The van der Waals surface area contributed by atoms with Crippen molar-refractivity contribution in [2.45, 2.75) is 13.0 Å². The van der Waals surface area contributed by atoms with Crippen molar-refractivity contribution in [3.8, 4) is 11.4 Å². The number of rotatable bonds is 6. The maximum atomic E-state index is 12.1. The van der Waals surface area contributed by atoms with Crippen molar-refractivity contribution in [1.29, 1.82) is 0 Å². The second kappa shape index (κ2) is 7.05. The highest BCUT2D eigenvalue weighted by Gasteiger charge is 2.09. The fourth-order valence-corrected chi connectivity index (χ4v) is 2.49. The number of carbonyl (C=O) groups excluding carboxylic acids is 1. The fraction of sp³-hybridized carbons (Fsp3) is 0.188. The Morgan fingerprint density at radius 2 is 2.19 bits per heavy atom. The summed E-state index contributed by atoms with van der Waals surface area (Å²) in [6.07, 6.45) is 8.59. The maximum absolute atomic E-state index is 12.1. The Kier molecular flexibility index (Phi) is 4.29. The third kappa shape index (κ3) is 3.38. The number of amides is 1. The Morgan fingerprint density at radius 1 is 1.23 bits per heavy atom. The number of aromatic amines is 1. The van der Waals surface area contributed by atoms with Crippen molar-refractivity contribution in [2.24, 2.45) is 0 Å². The summed E-state index contributed by atoms with van der Waals surface area (Å²) in [5, 5.41) is 9.89. The highest BCUT2D eigenvalue weighted by Crippen LogP contribution is 2.12. The molecule has 4 aromatic rings. The number of hydrogen-bond donors (Lipinski definition) is 2. The summed E-state index contributed by atoms with van der Waals surface area (Å²) in [6, 6.07) is 3.72. The third-order valence-electron chi connectivity index (χ3n) is 3.75. The maximum Gasteiger partial charge on any atom is 0.240 e. The van der Waals surface area contributed by atoms with Gasteiger partial charge in [0.25, 0.3) is 0 Å². The first-order valence-electron chi connectivity index (χ1n) is 7.99. The summed E-state index contributed by atoms with van der Waals surface area (Å²) in [6.45, 7) is 0.602. The van der Waals surface area contributed by atoms with Crippen LogP contribution in [-0.2, 0) is 17.8 Å². The molecule has 0 aromatic carbocycles. The smallest absolute Gasteiger partial charge is 0.240 e. The number of fused-ring (bicyclic) bond motifs is 1. The number of carbonyl (C=O) groups is 1. The zero-order valence-electron chi connectivity index (χ0n) is 13.7. The molecule has 0 aliphatic heterocycles. The molecule has 4 aromatic heterocycles. The van der Waals surface area contributed by atoms with Gasteiger partial charge in [-0.3, -0.25) is 14.9 Å². The predicted molar refractivity (Wildman–Crippen MR) is 91.7 cm³/mol. The molecule has 0 aliphatic carbocycles. The third-order valence-corrected chi connectivity index (χ3v) is 3.75. The average Bonchev–Trinajstić information content (AvgIpc) is 3.30. The number of imidazole rings is 1. The van der Waals surface area contributed by atoms with Crippen LogP contribution >= 0.6 is 0 Å². The van der Waals surface area contributed by atoms with E-state index in [0.717, 1.165) is 11.1 Å². The summed E-state index contributed by atoms with van der Waals surface area (Å²) >= 11 is 0. The molecule has 0 saturated heterocycles. The summed E-state index contributed by atoms with van der Waals surface area (Å²) < 4.78 is 1.71. The second-order valence-electron chi connectivity index (χ2n) is 5.55. The molecule has 0 aliphatic rings. The minimum absolute atomic E-state index is 0.125. The van der Waals surface area contributed by atoms with Gasteiger partial charge in [0.1, 0.15) is 24.2 Å². The van der Waals surface area contributed by atoms with Crippen molar-refractivity contribution >= 4 is 17.1 Å². The Labute approximate surface area is 147 Å². The van der Waals surface area contributed by atoms with Gasteiger partial charge in [0.15, 0.2) is 11.5 Å². The highest BCUT2D eigenvalue weighted by atomic mass is 16.1. The van der Waals surface area contributed by atoms with Gasteiger partial charge in [0.2, 0.25) is 5.91 Å². The van der Waals surface area contributed by atoms with E-state index in [1.165, 1.54) is 6.33 Å². The summed E-state index contributed by atoms with van der Waals surface area (Å²) in [7, 11) is 0. The first-order chi connectivity index (χ1) is 12.8. The molecule has 0 spiro atoms. The molecule has 0 atom stereocenters. The van der Waals surface area contributed by atoms with E-state index < -0.39 is 0 Å². The molecule has 0 bridgehead atoms. The second-order valence-corrected chi connectivity index (χ2v) is 5.55. The van der Waals surface area contributed by atoms with Crippen molar-refractivity contribution in [2.75, 3.05) is 6.54 Å². The monoisotopic (exact) mass is 349 g/mol. The minimum atomic E-state index is -0.125. The topological polar surface area (TPSA) is 127 Å². The van der Waals surface area contributed by atoms with Gasteiger partial charge >= 0.3 is 0 Å². The van der Waals surface area contributed by atoms with Crippen LogP contribution in [0.4, 0.5) is 0 Å². The van der Waals surface area contributed by atoms with Crippen LogP contribution in [0.3, 0.4) is 0 Å². The first-order valence-corrected chi connectivity index (χ1v) is 7.99. The van der Waals surface area contributed by atoms with E-state index in [4.69, 9.17) is 0 Å².